The molecule has 0 amide bonds. The Morgan fingerprint density at radius 2 is 1.12 bits per heavy atom. The number of anilines is 1. The third kappa shape index (κ3) is 0.860. The van der Waals surface area contributed by atoms with Gasteiger partial charge in [0, 0.05) is 0 Å². The summed E-state index contributed by atoms with van der Waals surface area (Å²) in [5, 5.41) is 0. The van der Waals surface area contributed by atoms with Crippen LogP contribution in [0.1, 0.15) is 0 Å². The Bertz CT molecular complexity index is 431. The zero-order valence-corrected chi connectivity index (χ0v) is 8.07. The molecule has 1 aromatic carbocycles. The second-order valence-corrected chi connectivity index (χ2v) is 3.34. The summed E-state index contributed by atoms with van der Waals surface area (Å²) in [5.41, 5.74) is 3.30. The third-order valence-corrected chi connectivity index (χ3v) is 2.53. The number of rotatable bonds is 0. The normalized spacial score (nSPS) is 18.8. The van der Waals surface area contributed by atoms with Gasteiger partial charge in [0.15, 0.2) is 17.2 Å². The van der Waals surface area contributed by atoms with E-state index in [9.17, 15) is 0 Å². The highest BCUT2D eigenvalue weighted by Crippen LogP contribution is 2.60. The zero-order chi connectivity index (χ0) is 10.5. The Hall–Kier alpha value is -2.02. The van der Waals surface area contributed by atoms with Crippen LogP contribution in [0.5, 0.6) is 28.7 Å². The Morgan fingerprint density at radius 3 is 1.81 bits per heavy atom. The first kappa shape index (κ1) is 8.17. The van der Waals surface area contributed by atoms with Crippen LogP contribution in [0, 0.1) is 0 Å². The summed E-state index contributed by atoms with van der Waals surface area (Å²) in [4.78, 5) is 4.98. The predicted molar refractivity (Wildman–Crippen MR) is 48.9 cm³/mol. The molecule has 4 rings (SSSR count). The third-order valence-electron chi connectivity index (χ3n) is 2.53. The maximum absolute atomic E-state index is 5.37. The fourth-order valence-corrected chi connectivity index (χ4v) is 1.89. The van der Waals surface area contributed by atoms with Crippen molar-refractivity contribution in [1.29, 1.82) is 0 Å². The fraction of sp³-hybridized carbons (Fsp3) is 0.333. The average Bonchev–Trinajstić information content (AvgIpc) is 2.98. The van der Waals surface area contributed by atoms with Gasteiger partial charge in [-0.15, -0.1) is 0 Å². The number of fused-ring (bicyclic) bond motifs is 6. The molecule has 0 atom stereocenters. The van der Waals surface area contributed by atoms with Crippen LogP contribution in [0.4, 0.5) is 5.69 Å². The van der Waals surface area contributed by atoms with Gasteiger partial charge >= 0.3 is 0 Å². The lowest BCUT2D eigenvalue weighted by atomic mass is 10.2. The Kier molecular flexibility index (Phi) is 1.41. The number of nitrogens with one attached hydrogen (secondary N) is 1. The van der Waals surface area contributed by atoms with Gasteiger partial charge in [0.25, 0.3) is 0 Å². The van der Waals surface area contributed by atoms with E-state index in [0.717, 1.165) is 0 Å². The van der Waals surface area contributed by atoms with Crippen LogP contribution in [-0.4, -0.2) is 20.4 Å². The number of hydrogen-bond acceptors (Lipinski definition) is 7. The van der Waals surface area contributed by atoms with Crippen molar-refractivity contribution in [2.45, 2.75) is 0 Å². The van der Waals surface area contributed by atoms with Gasteiger partial charge in [-0.3, -0.25) is 5.48 Å². The van der Waals surface area contributed by atoms with Crippen LogP contribution in [0.25, 0.3) is 0 Å². The number of ether oxygens (including phenoxy) is 5. The van der Waals surface area contributed by atoms with Crippen LogP contribution >= 0.6 is 0 Å². The molecule has 16 heavy (non-hydrogen) atoms. The average molecular weight is 225 g/mol. The van der Waals surface area contributed by atoms with Gasteiger partial charge in [0.1, 0.15) is 0 Å². The monoisotopic (exact) mass is 225 g/mol. The zero-order valence-electron chi connectivity index (χ0n) is 8.07. The minimum absolute atomic E-state index is 0.0996. The van der Waals surface area contributed by atoms with Crippen molar-refractivity contribution in [3.63, 3.8) is 0 Å². The summed E-state index contributed by atoms with van der Waals surface area (Å²) in [6.45, 7) is 0.386. The van der Waals surface area contributed by atoms with E-state index in [1.165, 1.54) is 0 Å². The summed E-state index contributed by atoms with van der Waals surface area (Å²) >= 11 is 0. The van der Waals surface area contributed by atoms with Gasteiger partial charge in [-0.25, -0.2) is 4.84 Å². The van der Waals surface area contributed by atoms with Crippen molar-refractivity contribution >= 4 is 5.69 Å². The molecule has 0 unspecified atom stereocenters. The first-order chi connectivity index (χ1) is 7.95. The topological polar surface area (TPSA) is 67.4 Å². The van der Waals surface area contributed by atoms with Crippen LogP contribution in [0.3, 0.4) is 0 Å². The molecular weight excluding hydrogens is 218 g/mol. The molecule has 7 nitrogen and oxygen atoms in total. The Balaban J connectivity index is 2.03. The lowest BCUT2D eigenvalue weighted by Gasteiger charge is -2.20. The van der Waals surface area contributed by atoms with Crippen molar-refractivity contribution in [3.05, 3.63) is 0 Å². The van der Waals surface area contributed by atoms with Crippen molar-refractivity contribution in [1.82, 2.24) is 0 Å². The van der Waals surface area contributed by atoms with Gasteiger partial charge in [0.2, 0.25) is 37.6 Å². The van der Waals surface area contributed by atoms with Crippen molar-refractivity contribution in [2.75, 3.05) is 25.9 Å². The fourth-order valence-electron chi connectivity index (χ4n) is 1.89. The van der Waals surface area contributed by atoms with E-state index in [2.05, 4.69) is 5.48 Å². The number of benzene rings is 1. The molecule has 0 saturated carbocycles. The van der Waals surface area contributed by atoms with Crippen LogP contribution in [0.2, 0.25) is 0 Å². The van der Waals surface area contributed by atoms with E-state index in [-0.39, 0.29) is 20.4 Å². The van der Waals surface area contributed by atoms with Crippen LogP contribution < -0.4 is 29.2 Å². The molecule has 3 heterocycles. The summed E-state index contributed by atoms with van der Waals surface area (Å²) in [7, 11) is 0. The highest BCUT2D eigenvalue weighted by atomic mass is 16.8. The molecule has 1 aromatic rings. The lowest BCUT2D eigenvalue weighted by molar-refractivity contribution is 0.0303. The summed E-state index contributed by atoms with van der Waals surface area (Å²) in [6, 6.07) is 0. The van der Waals surface area contributed by atoms with Gasteiger partial charge < -0.3 is 23.7 Å². The summed E-state index contributed by atoms with van der Waals surface area (Å²) in [6.07, 6.45) is 0. The van der Waals surface area contributed by atoms with Crippen molar-refractivity contribution in [2.24, 2.45) is 0 Å². The maximum Gasteiger partial charge on any atom is 0.231 e. The highest BCUT2D eigenvalue weighted by molar-refractivity contribution is 5.82. The van der Waals surface area contributed by atoms with E-state index >= 15 is 0 Å². The van der Waals surface area contributed by atoms with E-state index in [1.54, 1.807) is 0 Å². The molecule has 1 N–H and O–H groups in total. The minimum Gasteiger partial charge on any atom is -0.459 e. The Labute approximate surface area is 89.7 Å². The van der Waals surface area contributed by atoms with E-state index in [4.69, 9.17) is 28.5 Å². The maximum atomic E-state index is 5.37. The van der Waals surface area contributed by atoms with Gasteiger partial charge in [0.05, 0.1) is 0 Å². The molecule has 84 valence electrons. The van der Waals surface area contributed by atoms with Crippen LogP contribution in [-0.2, 0) is 4.84 Å². The van der Waals surface area contributed by atoms with E-state index in [1.807, 2.05) is 0 Å². The molecule has 0 bridgehead atoms. The first-order valence-electron chi connectivity index (χ1n) is 4.71. The summed E-state index contributed by atoms with van der Waals surface area (Å²) in [5.74, 6) is 2.62. The Morgan fingerprint density at radius 1 is 0.625 bits per heavy atom. The highest BCUT2D eigenvalue weighted by Gasteiger charge is 2.37. The number of hydrogen-bond donors (Lipinski definition) is 1. The SMILES string of the molecule is C1ONc2c3c(c4c(c2O1)OCO4)OCO3. The second kappa shape index (κ2) is 2.76. The second-order valence-electron chi connectivity index (χ2n) is 3.34. The molecule has 3 aliphatic heterocycles. The molecule has 0 radical (unpaired) electrons. The van der Waals surface area contributed by atoms with Gasteiger partial charge in [-0.2, -0.15) is 0 Å². The van der Waals surface area contributed by atoms with Crippen LogP contribution in [0.15, 0.2) is 0 Å². The summed E-state index contributed by atoms with van der Waals surface area (Å²) < 4.78 is 26.7. The molecule has 3 aliphatic rings. The predicted octanol–water partition coefficient (Wildman–Crippen LogP) is 0.837. The molecule has 0 aromatic heterocycles. The van der Waals surface area contributed by atoms with Gasteiger partial charge in [-0.05, 0) is 0 Å². The first-order valence-corrected chi connectivity index (χ1v) is 4.71. The molecule has 0 saturated heterocycles. The van der Waals surface area contributed by atoms with E-state index < -0.39 is 0 Å². The van der Waals surface area contributed by atoms with Gasteiger partial charge in [-0.1, -0.05) is 0 Å². The molecular formula is C9H7NO6. The largest absolute Gasteiger partial charge is 0.459 e. The molecule has 7 heteroatoms. The van der Waals surface area contributed by atoms with Crippen molar-refractivity contribution < 1.29 is 28.5 Å². The van der Waals surface area contributed by atoms with E-state index in [0.29, 0.717) is 34.4 Å². The molecule has 0 fully saturated rings. The standard InChI is InChI=1S/C9H7NO6/c1-11-5-4-6(15-3-16-10-4)8-9(7(5)12-1)14-2-13-8/h10H,1-3H2. The molecule has 0 aliphatic carbocycles. The quantitative estimate of drug-likeness (QED) is 0.701. The smallest absolute Gasteiger partial charge is 0.231 e. The minimum atomic E-state index is 0.0996. The lowest BCUT2D eigenvalue weighted by Crippen LogP contribution is -2.16. The van der Waals surface area contributed by atoms with Crippen molar-refractivity contribution in [3.8, 4) is 28.7 Å². The molecule has 0 spiro atoms.